The fraction of sp³-hybridized carbons (Fsp3) is 1.00. The Morgan fingerprint density at radius 3 is 2.04 bits per heavy atom. The van der Waals surface area contributed by atoms with Crippen LogP contribution in [0.5, 0.6) is 0 Å². The van der Waals surface area contributed by atoms with Gasteiger partial charge in [0.25, 0.3) is 0 Å². The molecule has 3 unspecified atom stereocenters. The van der Waals surface area contributed by atoms with E-state index in [0.29, 0.717) is 0 Å². The van der Waals surface area contributed by atoms with Gasteiger partial charge in [-0.05, 0) is 13.8 Å². The molecule has 1 aliphatic rings. The summed E-state index contributed by atoms with van der Waals surface area (Å²) >= 11 is 0. The Bertz CT molecular complexity index is 354. The van der Waals surface area contributed by atoms with Gasteiger partial charge in [0.2, 0.25) is 0 Å². The van der Waals surface area contributed by atoms with Crippen molar-refractivity contribution in [1.82, 2.24) is 0 Å². The summed E-state index contributed by atoms with van der Waals surface area (Å²) < 4.78 is 16.1. The van der Waals surface area contributed by atoms with Crippen molar-refractivity contribution in [2.45, 2.75) is 69.0 Å². The summed E-state index contributed by atoms with van der Waals surface area (Å²) in [6, 6.07) is 0. The van der Waals surface area contributed by atoms with Gasteiger partial charge in [0.05, 0.1) is 32.0 Å². The van der Waals surface area contributed by atoms with Gasteiger partial charge in [0.15, 0.2) is 6.29 Å². The minimum atomic E-state index is -1.55. The van der Waals surface area contributed by atoms with E-state index in [-0.39, 0.29) is 0 Å². The molecule has 7 N–H and O–H groups in total. The number of ether oxygens (including phenoxy) is 3. The van der Waals surface area contributed by atoms with Gasteiger partial charge in [0.1, 0.15) is 36.6 Å². The normalized spacial score (nSPS) is 36.1. The number of hydrogen-bond donors (Lipinski definition) is 7. The van der Waals surface area contributed by atoms with Crippen LogP contribution >= 0.6 is 0 Å². The van der Waals surface area contributed by atoms with Crippen LogP contribution in [0.3, 0.4) is 0 Å². The number of rotatable bonds is 9. The van der Waals surface area contributed by atoms with Crippen molar-refractivity contribution in [1.29, 1.82) is 0 Å². The molecule has 0 aliphatic carbocycles. The zero-order chi connectivity index (χ0) is 18.4. The lowest BCUT2D eigenvalue weighted by Crippen LogP contribution is -2.60. The smallest absolute Gasteiger partial charge is 0.187 e. The van der Waals surface area contributed by atoms with Crippen molar-refractivity contribution in [2.24, 2.45) is 0 Å². The molecule has 0 aromatic carbocycles. The zero-order valence-corrected chi connectivity index (χ0v) is 13.7. The molecule has 144 valence electrons. The average Bonchev–Trinajstić information content (AvgIpc) is 2.58. The van der Waals surface area contributed by atoms with Crippen LogP contribution in [0.25, 0.3) is 0 Å². The Morgan fingerprint density at radius 2 is 1.54 bits per heavy atom. The molecule has 0 amide bonds. The van der Waals surface area contributed by atoms with E-state index in [1.807, 2.05) is 0 Å². The van der Waals surface area contributed by atoms with Crippen LogP contribution in [0, 0.1) is 0 Å². The zero-order valence-electron chi connectivity index (χ0n) is 13.7. The number of aliphatic hydroxyl groups excluding tert-OH is 7. The van der Waals surface area contributed by atoms with E-state index >= 15 is 0 Å². The summed E-state index contributed by atoms with van der Waals surface area (Å²) in [5, 5.41) is 66.0. The summed E-state index contributed by atoms with van der Waals surface area (Å²) in [5.74, 6) is 0. The second kappa shape index (κ2) is 9.92. The Kier molecular flexibility index (Phi) is 8.95. The summed E-state index contributed by atoms with van der Waals surface area (Å²) in [4.78, 5) is 0. The lowest BCUT2D eigenvalue weighted by Gasteiger charge is -2.41. The first kappa shape index (κ1) is 21.6. The highest BCUT2D eigenvalue weighted by molar-refractivity contribution is 4.89. The third-order valence-corrected chi connectivity index (χ3v) is 4.04. The quantitative estimate of drug-likeness (QED) is 0.218. The third-order valence-electron chi connectivity index (χ3n) is 4.04. The minimum absolute atomic E-state index is 0.515. The predicted octanol–water partition coefficient (Wildman–Crippen LogP) is -3.69. The predicted molar refractivity (Wildman–Crippen MR) is 78.8 cm³/mol. The van der Waals surface area contributed by atoms with Crippen molar-refractivity contribution in [3.05, 3.63) is 0 Å². The van der Waals surface area contributed by atoms with Gasteiger partial charge in [0, 0.05) is 0 Å². The highest BCUT2D eigenvalue weighted by atomic mass is 16.7. The highest BCUT2D eigenvalue weighted by Gasteiger charge is 2.45. The van der Waals surface area contributed by atoms with Crippen molar-refractivity contribution in [2.75, 3.05) is 19.8 Å². The molecule has 0 spiro atoms. The largest absolute Gasteiger partial charge is 0.394 e. The first-order valence-corrected chi connectivity index (χ1v) is 7.78. The molecule has 1 aliphatic heterocycles. The highest BCUT2D eigenvalue weighted by Crippen LogP contribution is 2.24. The van der Waals surface area contributed by atoms with E-state index in [4.69, 9.17) is 29.5 Å². The minimum Gasteiger partial charge on any atom is -0.394 e. The topological polar surface area (TPSA) is 169 Å². The second-order valence-electron chi connectivity index (χ2n) is 5.85. The molecule has 1 rings (SSSR count). The van der Waals surface area contributed by atoms with E-state index in [2.05, 4.69) is 0 Å². The molecule has 0 radical (unpaired) electrons. The third kappa shape index (κ3) is 5.30. The standard InChI is InChI=1S/C14H28O10/c1-6(22-9(4-16)8(18)3-15)7(2)23-14-13(21)12(20)11(19)10(5-17)24-14/h6-21H,3-5H2,1-2H3/t6-,7-,8+,9?,10?,11-,12+,13?,14+/m1/s1. The average molecular weight is 356 g/mol. The van der Waals surface area contributed by atoms with Gasteiger partial charge in [-0.2, -0.15) is 0 Å². The van der Waals surface area contributed by atoms with Crippen molar-refractivity contribution in [3.8, 4) is 0 Å². The molecule has 0 bridgehead atoms. The summed E-state index contributed by atoms with van der Waals surface area (Å²) in [7, 11) is 0. The van der Waals surface area contributed by atoms with Crippen LogP contribution in [-0.4, -0.2) is 111 Å². The number of aliphatic hydroxyl groups is 7. The monoisotopic (exact) mass is 356 g/mol. The van der Waals surface area contributed by atoms with Crippen molar-refractivity contribution >= 4 is 0 Å². The molecule has 24 heavy (non-hydrogen) atoms. The first-order chi connectivity index (χ1) is 11.3. The summed E-state index contributed by atoms with van der Waals surface area (Å²) in [6.45, 7) is 1.49. The van der Waals surface area contributed by atoms with E-state index in [0.717, 1.165) is 0 Å². The fourth-order valence-corrected chi connectivity index (χ4v) is 2.26. The summed E-state index contributed by atoms with van der Waals surface area (Å²) in [5.41, 5.74) is 0. The van der Waals surface area contributed by atoms with Crippen LogP contribution in [0.4, 0.5) is 0 Å². The van der Waals surface area contributed by atoms with E-state index in [1.165, 1.54) is 0 Å². The summed E-state index contributed by atoms with van der Waals surface area (Å²) in [6.07, 6.45) is -10.6. The van der Waals surface area contributed by atoms with E-state index in [9.17, 15) is 20.4 Å². The van der Waals surface area contributed by atoms with Gasteiger partial charge in [-0.3, -0.25) is 0 Å². The van der Waals surface area contributed by atoms with Crippen LogP contribution < -0.4 is 0 Å². The molecule has 9 atom stereocenters. The molecule has 1 saturated heterocycles. The molecule has 0 aromatic rings. The Morgan fingerprint density at radius 1 is 0.917 bits per heavy atom. The van der Waals surface area contributed by atoms with Crippen LogP contribution in [-0.2, 0) is 14.2 Å². The Hall–Kier alpha value is -0.400. The molecule has 1 heterocycles. The van der Waals surface area contributed by atoms with Gasteiger partial charge in [-0.15, -0.1) is 0 Å². The maximum absolute atomic E-state index is 9.91. The van der Waals surface area contributed by atoms with Crippen LogP contribution in [0.1, 0.15) is 13.8 Å². The second-order valence-corrected chi connectivity index (χ2v) is 5.85. The fourth-order valence-electron chi connectivity index (χ4n) is 2.26. The Balaban J connectivity index is 2.63. The molecular weight excluding hydrogens is 328 g/mol. The Labute approximate surface area is 139 Å². The van der Waals surface area contributed by atoms with E-state index < -0.39 is 74.9 Å². The van der Waals surface area contributed by atoms with Crippen molar-refractivity contribution < 1.29 is 50.0 Å². The lowest BCUT2D eigenvalue weighted by atomic mass is 9.99. The van der Waals surface area contributed by atoms with Crippen LogP contribution in [0.15, 0.2) is 0 Å². The lowest BCUT2D eigenvalue weighted by molar-refractivity contribution is -0.317. The van der Waals surface area contributed by atoms with Crippen LogP contribution in [0.2, 0.25) is 0 Å². The van der Waals surface area contributed by atoms with Crippen molar-refractivity contribution in [3.63, 3.8) is 0 Å². The molecule has 1 fully saturated rings. The SMILES string of the molecule is C[C@@H](OC(CO)[C@@H](O)CO)[C@@H](C)O[C@H]1OC(CO)[C@@H](O)[C@H](O)C1O. The van der Waals surface area contributed by atoms with Gasteiger partial charge in [-0.1, -0.05) is 0 Å². The van der Waals surface area contributed by atoms with Gasteiger partial charge >= 0.3 is 0 Å². The van der Waals surface area contributed by atoms with E-state index in [1.54, 1.807) is 13.8 Å². The van der Waals surface area contributed by atoms with Gasteiger partial charge < -0.3 is 50.0 Å². The maximum atomic E-state index is 9.91. The molecule has 10 heteroatoms. The number of hydrogen-bond acceptors (Lipinski definition) is 10. The first-order valence-electron chi connectivity index (χ1n) is 7.78. The molecule has 0 saturated carbocycles. The molecule has 0 aromatic heterocycles. The molecular formula is C14H28O10. The molecule has 10 nitrogen and oxygen atoms in total. The maximum Gasteiger partial charge on any atom is 0.187 e. The van der Waals surface area contributed by atoms with Gasteiger partial charge in [-0.25, -0.2) is 0 Å².